The molecule has 2 aliphatic rings. The Balaban J connectivity index is 1.60. The predicted octanol–water partition coefficient (Wildman–Crippen LogP) is 5.34. The number of thiazole rings is 1. The molecule has 1 N–H and O–H groups in total. The number of aromatic nitrogens is 1. The van der Waals surface area contributed by atoms with Crippen molar-refractivity contribution in [1.82, 2.24) is 4.98 Å². The third kappa shape index (κ3) is 4.37. The second-order valence-corrected chi connectivity index (χ2v) is 10.9. The Morgan fingerprint density at radius 2 is 1.64 bits per heavy atom. The van der Waals surface area contributed by atoms with Crippen molar-refractivity contribution in [1.29, 1.82) is 0 Å². The summed E-state index contributed by atoms with van der Waals surface area (Å²) in [6, 6.07) is 11.1. The van der Waals surface area contributed by atoms with Crippen LogP contribution in [-0.4, -0.2) is 56.3 Å². The van der Waals surface area contributed by atoms with E-state index in [1.807, 2.05) is 26.0 Å². The van der Waals surface area contributed by atoms with Crippen LogP contribution in [0.1, 0.15) is 28.3 Å². The number of anilines is 1. The van der Waals surface area contributed by atoms with Gasteiger partial charge in [0.05, 0.1) is 43.2 Å². The minimum absolute atomic E-state index is 0.113. The Hall–Kier alpha value is -4.77. The quantitative estimate of drug-likeness (QED) is 0.181. The van der Waals surface area contributed by atoms with E-state index in [1.165, 1.54) is 37.6 Å². The third-order valence-corrected chi connectivity index (χ3v) is 8.29. The number of rotatable bonds is 6. The fraction of sp³-hybridized carbons (Fsp3) is 0.258. The van der Waals surface area contributed by atoms with Crippen LogP contribution in [0.25, 0.3) is 16.0 Å². The molecule has 0 unspecified atom stereocenters. The molecular formula is C31H28N2O8S. The molecule has 6 rings (SSSR count). The number of methoxy groups -OCH3 is 3. The molecule has 0 saturated carbocycles. The van der Waals surface area contributed by atoms with Crippen molar-refractivity contribution in [3.05, 3.63) is 70.3 Å². The molecule has 0 aliphatic carbocycles. The van der Waals surface area contributed by atoms with Crippen molar-refractivity contribution in [3.63, 3.8) is 0 Å². The summed E-state index contributed by atoms with van der Waals surface area (Å²) in [6.07, 6.45) is 0. The number of nitrogens with zero attached hydrogens (tertiary/aromatic N) is 2. The first-order valence-corrected chi connectivity index (χ1v) is 14.0. The Labute approximate surface area is 245 Å². The van der Waals surface area contributed by atoms with Gasteiger partial charge in [-0.25, -0.2) is 4.98 Å². The zero-order chi connectivity index (χ0) is 29.7. The Morgan fingerprint density at radius 3 is 2.31 bits per heavy atom. The molecule has 0 radical (unpaired) electrons. The van der Waals surface area contributed by atoms with E-state index in [0.717, 1.165) is 21.3 Å². The highest BCUT2D eigenvalue weighted by molar-refractivity contribution is 7.22. The molecule has 11 heteroatoms. The maximum Gasteiger partial charge on any atom is 0.301 e. The molecule has 4 aromatic rings. The number of aliphatic hydroxyl groups excluding tert-OH is 1. The molecule has 0 bridgehead atoms. The Morgan fingerprint density at radius 1 is 0.952 bits per heavy atom. The number of ketones is 1. The molecular weight excluding hydrogens is 560 g/mol. The zero-order valence-electron chi connectivity index (χ0n) is 23.6. The number of ether oxygens (including phenoxy) is 5. The van der Waals surface area contributed by atoms with Gasteiger partial charge in [0.2, 0.25) is 5.75 Å². The van der Waals surface area contributed by atoms with E-state index in [0.29, 0.717) is 58.2 Å². The number of fused-ring (bicyclic) bond motifs is 2. The third-order valence-electron chi connectivity index (χ3n) is 7.29. The van der Waals surface area contributed by atoms with Crippen molar-refractivity contribution in [3.8, 4) is 28.7 Å². The van der Waals surface area contributed by atoms with Crippen molar-refractivity contribution < 1.29 is 38.4 Å². The van der Waals surface area contributed by atoms with Gasteiger partial charge >= 0.3 is 5.91 Å². The average Bonchev–Trinajstić information content (AvgIpc) is 3.53. The number of aryl methyl sites for hydroxylation is 2. The monoisotopic (exact) mass is 588 g/mol. The van der Waals surface area contributed by atoms with Crippen LogP contribution >= 0.6 is 11.3 Å². The summed E-state index contributed by atoms with van der Waals surface area (Å²) in [7, 11) is 4.44. The van der Waals surface area contributed by atoms with E-state index >= 15 is 0 Å². The number of aliphatic hydroxyl groups is 1. The summed E-state index contributed by atoms with van der Waals surface area (Å²) in [4.78, 5) is 33.7. The van der Waals surface area contributed by atoms with E-state index in [-0.39, 0.29) is 11.3 Å². The molecule has 2 aliphatic heterocycles. The average molecular weight is 589 g/mol. The summed E-state index contributed by atoms with van der Waals surface area (Å²) in [5, 5.41) is 12.0. The maximum atomic E-state index is 13.8. The highest BCUT2D eigenvalue weighted by Crippen LogP contribution is 2.49. The topological polar surface area (TPSA) is 117 Å². The highest BCUT2D eigenvalue weighted by Gasteiger charge is 2.49. The number of carbonyl (C=O) groups is 2. The van der Waals surface area contributed by atoms with Crippen molar-refractivity contribution in [2.45, 2.75) is 19.9 Å². The lowest BCUT2D eigenvalue weighted by atomic mass is 9.94. The molecule has 1 atom stereocenters. The van der Waals surface area contributed by atoms with E-state index in [9.17, 15) is 14.7 Å². The van der Waals surface area contributed by atoms with Gasteiger partial charge in [0.15, 0.2) is 28.1 Å². The minimum atomic E-state index is -1.06. The van der Waals surface area contributed by atoms with E-state index < -0.39 is 17.7 Å². The van der Waals surface area contributed by atoms with Gasteiger partial charge in [-0.15, -0.1) is 0 Å². The number of carbonyl (C=O) groups excluding carboxylic acids is 2. The van der Waals surface area contributed by atoms with Crippen molar-refractivity contribution in [2.24, 2.45) is 0 Å². The molecule has 1 amide bonds. The van der Waals surface area contributed by atoms with Gasteiger partial charge in [0.25, 0.3) is 5.78 Å². The number of amides is 1. The first kappa shape index (κ1) is 27.4. The van der Waals surface area contributed by atoms with Gasteiger partial charge in [-0.2, -0.15) is 0 Å². The summed E-state index contributed by atoms with van der Waals surface area (Å²) >= 11 is 1.30. The maximum absolute atomic E-state index is 13.8. The van der Waals surface area contributed by atoms with Crippen LogP contribution in [0.2, 0.25) is 0 Å². The predicted molar refractivity (Wildman–Crippen MR) is 157 cm³/mol. The molecule has 10 nitrogen and oxygen atoms in total. The lowest BCUT2D eigenvalue weighted by molar-refractivity contribution is -0.132. The van der Waals surface area contributed by atoms with E-state index in [2.05, 4.69) is 0 Å². The van der Waals surface area contributed by atoms with Gasteiger partial charge in [0.1, 0.15) is 19.0 Å². The lowest BCUT2D eigenvalue weighted by Gasteiger charge is -2.25. The molecule has 1 aromatic heterocycles. The fourth-order valence-electron chi connectivity index (χ4n) is 5.41. The van der Waals surface area contributed by atoms with Gasteiger partial charge < -0.3 is 28.8 Å². The van der Waals surface area contributed by atoms with E-state index in [1.54, 1.807) is 30.3 Å². The van der Waals surface area contributed by atoms with Crippen LogP contribution < -0.4 is 28.6 Å². The van der Waals surface area contributed by atoms with Crippen molar-refractivity contribution >= 4 is 44.1 Å². The largest absolute Gasteiger partial charge is 0.507 e. The number of Topliss-reactive ketones (excluding diaryl/α,β-unsaturated/α-hetero) is 1. The van der Waals surface area contributed by atoms with Gasteiger partial charge in [-0.05, 0) is 66.9 Å². The highest BCUT2D eigenvalue weighted by atomic mass is 32.1. The van der Waals surface area contributed by atoms with Crippen LogP contribution in [0, 0.1) is 13.8 Å². The summed E-state index contributed by atoms with van der Waals surface area (Å²) in [6.45, 7) is 4.70. The second kappa shape index (κ2) is 10.6. The molecule has 216 valence electrons. The fourth-order valence-corrected chi connectivity index (χ4v) is 6.58. The Bertz CT molecular complexity index is 1770. The van der Waals surface area contributed by atoms with Crippen LogP contribution in [0.15, 0.2) is 48.0 Å². The number of hydrogen-bond donors (Lipinski definition) is 1. The van der Waals surface area contributed by atoms with Gasteiger partial charge in [0, 0.05) is 5.56 Å². The van der Waals surface area contributed by atoms with Crippen molar-refractivity contribution in [2.75, 3.05) is 39.4 Å². The summed E-state index contributed by atoms with van der Waals surface area (Å²) < 4.78 is 28.8. The molecule has 1 saturated heterocycles. The molecule has 1 fully saturated rings. The van der Waals surface area contributed by atoms with Crippen LogP contribution in [-0.2, 0) is 9.59 Å². The number of hydrogen-bond acceptors (Lipinski definition) is 10. The first-order chi connectivity index (χ1) is 20.2. The van der Waals surface area contributed by atoms with Gasteiger partial charge in [-0.1, -0.05) is 17.4 Å². The van der Waals surface area contributed by atoms with Crippen LogP contribution in [0.4, 0.5) is 5.13 Å². The normalized spacial score (nSPS) is 17.5. The van der Waals surface area contributed by atoms with E-state index in [4.69, 9.17) is 28.7 Å². The molecule has 3 aromatic carbocycles. The van der Waals surface area contributed by atoms with Crippen LogP contribution in [0.5, 0.6) is 28.7 Å². The standard InChI is InChI=1S/C31H28N2O8S/c1-15-10-16(2)25-23(11-15)42-31(32-25)33-26(18-13-21(37-3)29(39-5)22(14-18)38-4)24(28(35)30(33)36)27(34)17-6-7-19-20(12-17)41-9-8-40-19/h6-7,10-14,26,34H,8-9H2,1-5H3/t26-/m0/s1. The number of benzene rings is 3. The minimum Gasteiger partial charge on any atom is -0.507 e. The first-order valence-electron chi connectivity index (χ1n) is 13.1. The Kier molecular flexibility index (Phi) is 6.90. The molecule has 0 spiro atoms. The van der Waals surface area contributed by atoms with Crippen LogP contribution in [0.3, 0.4) is 0 Å². The summed E-state index contributed by atoms with van der Waals surface area (Å²) in [5.41, 5.74) is 3.37. The molecule has 3 heterocycles. The lowest BCUT2D eigenvalue weighted by Crippen LogP contribution is -2.29. The second-order valence-electron chi connectivity index (χ2n) is 9.91. The summed E-state index contributed by atoms with van der Waals surface area (Å²) in [5.74, 6) is -0.0755. The molecule has 42 heavy (non-hydrogen) atoms. The zero-order valence-corrected chi connectivity index (χ0v) is 24.5. The SMILES string of the molecule is COc1cc([C@H]2C(=C(O)c3ccc4c(c3)OCCO4)C(=O)C(=O)N2c2nc3c(C)cc(C)cc3s2)cc(OC)c1OC. The smallest absolute Gasteiger partial charge is 0.301 e. The van der Waals surface area contributed by atoms with Gasteiger partial charge in [-0.3, -0.25) is 14.5 Å².